The monoisotopic (exact) mass is 913 g/mol. The molecule has 0 aromatic heterocycles. The molecule has 0 aromatic carbocycles. The van der Waals surface area contributed by atoms with Crippen molar-refractivity contribution >= 4 is 5.97 Å². The van der Waals surface area contributed by atoms with Gasteiger partial charge in [-0.1, -0.05) is 53.2 Å². The van der Waals surface area contributed by atoms with E-state index in [2.05, 4.69) is 40.7 Å². The average Bonchev–Trinajstić information content (AvgIpc) is 3.24. The lowest BCUT2D eigenvalue weighted by Gasteiger charge is -2.71. The lowest BCUT2D eigenvalue weighted by molar-refractivity contribution is -0.381. The maximum absolute atomic E-state index is 13.1. The van der Waals surface area contributed by atoms with Crippen LogP contribution in [0.3, 0.4) is 0 Å². The molecule has 3 aliphatic heterocycles. The lowest BCUT2D eigenvalue weighted by Crippen LogP contribution is -2.67. The Morgan fingerprint density at radius 1 is 0.719 bits per heavy atom. The van der Waals surface area contributed by atoms with E-state index in [1.54, 1.807) is 0 Å². The Kier molecular flexibility index (Phi) is 13.2. The number of hydrogen-bond donors (Lipinski definition) is 10. The van der Waals surface area contributed by atoms with E-state index in [1.807, 2.05) is 6.92 Å². The van der Waals surface area contributed by atoms with Gasteiger partial charge >= 0.3 is 5.97 Å². The van der Waals surface area contributed by atoms with Gasteiger partial charge in [0.25, 0.3) is 0 Å². The van der Waals surface area contributed by atoms with E-state index in [0.29, 0.717) is 19.3 Å². The summed E-state index contributed by atoms with van der Waals surface area (Å²) in [7, 11) is 0. The molecule has 0 unspecified atom stereocenters. The minimum Gasteiger partial charge on any atom is -0.481 e. The first-order valence-electron chi connectivity index (χ1n) is 23.7. The molecule has 0 bridgehead atoms. The molecule has 8 aliphatic rings. The highest BCUT2D eigenvalue weighted by molar-refractivity contribution is 5.76. The van der Waals surface area contributed by atoms with Crippen LogP contribution in [-0.2, 0) is 33.2 Å². The number of allylic oxidation sites excluding steroid dienone is 2. The van der Waals surface area contributed by atoms with Gasteiger partial charge in [0.1, 0.15) is 61.0 Å². The first-order valence-corrected chi connectivity index (χ1v) is 23.7. The molecule has 0 spiro atoms. The van der Waals surface area contributed by atoms with Crippen LogP contribution in [0.1, 0.15) is 113 Å². The first kappa shape index (κ1) is 49.0. The van der Waals surface area contributed by atoms with Crippen molar-refractivity contribution in [1.29, 1.82) is 0 Å². The summed E-state index contributed by atoms with van der Waals surface area (Å²) in [6, 6.07) is 0. The summed E-state index contributed by atoms with van der Waals surface area (Å²) in [4.78, 5) is 13.1. The molecule has 3 heterocycles. The van der Waals surface area contributed by atoms with Crippen molar-refractivity contribution in [2.45, 2.75) is 205 Å². The van der Waals surface area contributed by atoms with Gasteiger partial charge in [0.2, 0.25) is 0 Å². The number of carboxylic acid groups (broad SMARTS) is 1. The molecule has 0 amide bonds. The van der Waals surface area contributed by atoms with Crippen LogP contribution in [0.5, 0.6) is 0 Å². The molecule has 64 heavy (non-hydrogen) atoms. The third-order valence-corrected chi connectivity index (χ3v) is 19.1. The Morgan fingerprint density at radius 2 is 1.38 bits per heavy atom. The minimum atomic E-state index is -1.77. The fourth-order valence-corrected chi connectivity index (χ4v) is 14.8. The molecule has 0 radical (unpaired) electrons. The number of ether oxygens (including phenoxy) is 6. The van der Waals surface area contributed by atoms with Crippen molar-refractivity contribution in [3.8, 4) is 0 Å². The standard InChI is InChI=1S/C47H76O17/c1-22-30(50)33(53)35(55)38(60-22)64-37-32(52)26(62-39-36(56)34(54)31(51)25(19-48)61-39)20-59-40(37)63-29-11-12-43(4)27(44(29,5)21-49)10-13-46(7)28(43)9-8-23-24-18-42(2,3)14-16-47(24,41(57)58)17-15-45(23,46)6/h8,22,24-40,48-56H,9-21H2,1-7H3,(H,57,58)/t22-,24-,25+,26-,27+,28+,29-,30-,31+,32-,33+,34-,35+,36+,37+,38-,39-,40-,43-,44-,45+,46+,47-/m1/s1. The highest BCUT2D eigenvalue weighted by Gasteiger charge is 2.70. The number of aliphatic hydroxyl groups excluding tert-OH is 9. The second kappa shape index (κ2) is 17.2. The lowest BCUT2D eigenvalue weighted by atomic mass is 9.33. The topological polar surface area (TPSA) is 275 Å². The molecule has 3 saturated heterocycles. The van der Waals surface area contributed by atoms with Gasteiger partial charge in [0, 0.05) is 5.41 Å². The van der Waals surface area contributed by atoms with Crippen LogP contribution < -0.4 is 0 Å². The van der Waals surface area contributed by atoms with E-state index >= 15 is 0 Å². The van der Waals surface area contributed by atoms with Crippen molar-refractivity contribution in [1.82, 2.24) is 0 Å². The normalized spacial score (nSPS) is 55.0. The third-order valence-electron chi connectivity index (χ3n) is 19.1. The molecular formula is C47H76O17. The molecule has 366 valence electrons. The van der Waals surface area contributed by atoms with Crippen molar-refractivity contribution in [2.75, 3.05) is 19.8 Å². The van der Waals surface area contributed by atoms with E-state index in [-0.39, 0.29) is 52.6 Å². The molecule has 10 N–H and O–H groups in total. The summed E-state index contributed by atoms with van der Waals surface area (Å²) in [5.41, 5.74) is -0.704. The van der Waals surface area contributed by atoms with E-state index in [1.165, 1.54) is 12.5 Å². The van der Waals surface area contributed by atoms with Crippen molar-refractivity contribution in [3.05, 3.63) is 11.6 Å². The zero-order chi connectivity index (χ0) is 46.7. The third kappa shape index (κ3) is 7.49. The number of aliphatic carboxylic acids is 1. The fraction of sp³-hybridized carbons (Fsp3) is 0.936. The fourth-order valence-electron chi connectivity index (χ4n) is 14.8. The first-order chi connectivity index (χ1) is 29.9. The van der Waals surface area contributed by atoms with Gasteiger partial charge in [0.05, 0.1) is 37.4 Å². The predicted molar refractivity (Wildman–Crippen MR) is 225 cm³/mol. The Morgan fingerprint density at radius 3 is 2.03 bits per heavy atom. The smallest absolute Gasteiger partial charge is 0.310 e. The van der Waals surface area contributed by atoms with E-state index in [9.17, 15) is 55.9 Å². The molecule has 23 atom stereocenters. The van der Waals surface area contributed by atoms with Crippen molar-refractivity contribution < 1.29 is 84.3 Å². The van der Waals surface area contributed by atoms with Crippen molar-refractivity contribution in [2.24, 2.45) is 50.2 Å². The molecule has 0 aromatic rings. The number of aliphatic hydroxyl groups is 9. The van der Waals surface area contributed by atoms with Crippen molar-refractivity contribution in [3.63, 3.8) is 0 Å². The van der Waals surface area contributed by atoms with Gasteiger partial charge in [-0.25, -0.2) is 0 Å². The molecule has 17 heteroatoms. The largest absolute Gasteiger partial charge is 0.481 e. The Balaban J connectivity index is 1.05. The highest BCUT2D eigenvalue weighted by Crippen LogP contribution is 2.76. The van der Waals surface area contributed by atoms with Gasteiger partial charge in [-0.15, -0.1) is 0 Å². The van der Waals surface area contributed by atoms with Gasteiger partial charge < -0.3 is 79.5 Å². The maximum atomic E-state index is 13.1. The van der Waals surface area contributed by atoms with Crippen LogP contribution in [-0.4, -0.2) is 169 Å². The second-order valence-corrected chi connectivity index (χ2v) is 22.9. The summed E-state index contributed by atoms with van der Waals surface area (Å²) in [6.07, 6.45) is -11.7. The SMILES string of the molecule is C[C@H]1O[C@H](O[C@@H]2[C@@H](O[C@@H]3CC[C@]4(C)[C@H](CC[C@@]5(C)[C@H]4CC=C4[C@H]6CC(C)(C)CC[C@@]6(C(=O)O)CC[C@@]45C)[C@@]3(C)CO)OC[C@@H](O[C@H]3O[C@@H](CO)[C@H](O)[C@@H](O)[C@@H]3O)[C@H]2O)[C@@H](O)[C@@H](O)[C@@H]1O. The Hall–Kier alpha value is -1.39. The number of fused-ring (bicyclic) bond motifs is 7. The Labute approximate surface area is 376 Å². The van der Waals surface area contributed by atoms with Gasteiger partial charge in [-0.3, -0.25) is 4.79 Å². The minimum absolute atomic E-state index is 0.00757. The summed E-state index contributed by atoms with van der Waals surface area (Å²) in [6.45, 7) is 14.0. The quantitative estimate of drug-likeness (QED) is 0.116. The van der Waals surface area contributed by atoms with E-state index in [4.69, 9.17) is 28.4 Å². The molecule has 4 saturated carbocycles. The molecule has 7 fully saturated rings. The summed E-state index contributed by atoms with van der Waals surface area (Å²) in [5.74, 6) is -0.441. The molecule has 17 nitrogen and oxygen atoms in total. The second-order valence-electron chi connectivity index (χ2n) is 22.9. The van der Waals surface area contributed by atoms with Gasteiger partial charge in [0.15, 0.2) is 18.9 Å². The van der Waals surface area contributed by atoms with Crippen LogP contribution in [0.4, 0.5) is 0 Å². The molecule has 5 aliphatic carbocycles. The summed E-state index contributed by atoms with van der Waals surface area (Å²) < 4.78 is 36.5. The van der Waals surface area contributed by atoms with Crippen LogP contribution in [0.15, 0.2) is 11.6 Å². The number of carboxylic acids is 1. The Bertz CT molecular complexity index is 1750. The number of hydrogen-bond acceptors (Lipinski definition) is 16. The van der Waals surface area contributed by atoms with E-state index < -0.39 is 116 Å². The summed E-state index contributed by atoms with van der Waals surface area (Å²) in [5, 5.41) is 108. The zero-order valence-corrected chi connectivity index (χ0v) is 38.5. The molecule has 8 rings (SSSR count). The van der Waals surface area contributed by atoms with E-state index in [0.717, 1.165) is 44.9 Å². The molecular weight excluding hydrogens is 837 g/mol. The zero-order valence-electron chi connectivity index (χ0n) is 38.5. The van der Waals surface area contributed by atoms with Gasteiger partial charge in [-0.05, 0) is 111 Å². The number of carbonyl (C=O) groups is 1. The average molecular weight is 913 g/mol. The maximum Gasteiger partial charge on any atom is 0.310 e. The van der Waals surface area contributed by atoms with Crippen LogP contribution in [0.2, 0.25) is 0 Å². The van der Waals surface area contributed by atoms with Gasteiger partial charge in [-0.2, -0.15) is 0 Å². The predicted octanol–water partition coefficient (Wildman–Crippen LogP) is 1.35. The summed E-state index contributed by atoms with van der Waals surface area (Å²) >= 11 is 0. The van der Waals surface area contributed by atoms with Crippen LogP contribution >= 0.6 is 0 Å². The van der Waals surface area contributed by atoms with Crippen LogP contribution in [0.25, 0.3) is 0 Å². The highest BCUT2D eigenvalue weighted by atomic mass is 16.8. The van der Waals surface area contributed by atoms with Crippen LogP contribution in [0, 0.1) is 50.2 Å². The number of rotatable bonds is 9.